The molecule has 3 aliphatic rings. The number of nitrogens with one attached hydrogen (secondary N) is 1. The lowest BCUT2D eigenvalue weighted by atomic mass is 9.94. The Hall–Kier alpha value is -4.03. The third-order valence-corrected chi connectivity index (χ3v) is 8.39. The van der Waals surface area contributed by atoms with Gasteiger partial charge in [-0.2, -0.15) is 13.2 Å². The summed E-state index contributed by atoms with van der Waals surface area (Å²) in [5.74, 6) is -1.50. The summed E-state index contributed by atoms with van der Waals surface area (Å²) in [5.41, 5.74) is -0.541. The molecule has 0 aliphatic carbocycles. The Morgan fingerprint density at radius 1 is 1.00 bits per heavy atom. The van der Waals surface area contributed by atoms with E-state index >= 15 is 0 Å². The van der Waals surface area contributed by atoms with Gasteiger partial charge in [-0.1, -0.05) is 32.0 Å². The predicted molar refractivity (Wildman–Crippen MR) is 150 cm³/mol. The van der Waals surface area contributed by atoms with Crippen LogP contribution < -0.4 is 10.2 Å². The monoisotopic (exact) mass is 600 g/mol. The third-order valence-electron chi connectivity index (χ3n) is 8.39. The second kappa shape index (κ2) is 12.3. The van der Waals surface area contributed by atoms with Crippen molar-refractivity contribution in [2.45, 2.75) is 63.8 Å². The second-order valence-electron chi connectivity index (χ2n) is 11.8. The minimum Gasteiger partial charge on any atom is -0.344 e. The number of hydrogen-bond donors (Lipinski definition) is 1. The van der Waals surface area contributed by atoms with E-state index in [0.717, 1.165) is 12.3 Å². The summed E-state index contributed by atoms with van der Waals surface area (Å²) < 4.78 is 39.2. The fourth-order valence-electron chi connectivity index (χ4n) is 6.27. The molecule has 3 amide bonds. The molecule has 3 aliphatic heterocycles. The maximum atomic E-state index is 13.8. The van der Waals surface area contributed by atoms with Crippen LogP contribution in [0.25, 0.3) is 0 Å². The molecule has 13 heteroatoms. The summed E-state index contributed by atoms with van der Waals surface area (Å²) in [7, 11) is 0. The maximum Gasteiger partial charge on any atom is 0.433 e. The highest BCUT2D eigenvalue weighted by Gasteiger charge is 2.52. The molecule has 3 saturated heterocycles. The molecular formula is C30H35F3N6O4. The number of anilines is 1. The van der Waals surface area contributed by atoms with E-state index in [1.807, 2.05) is 19.9 Å². The number of fused-ring (bicyclic) bond motifs is 1. The van der Waals surface area contributed by atoms with Crippen molar-refractivity contribution in [3.63, 3.8) is 0 Å². The van der Waals surface area contributed by atoms with Crippen LogP contribution in [0.3, 0.4) is 0 Å². The van der Waals surface area contributed by atoms with E-state index in [4.69, 9.17) is 0 Å². The van der Waals surface area contributed by atoms with Crippen LogP contribution in [0.5, 0.6) is 0 Å². The number of likely N-dealkylation sites (tertiary alicyclic amines) is 2. The minimum absolute atomic E-state index is 0.0360. The van der Waals surface area contributed by atoms with E-state index in [-0.39, 0.29) is 55.0 Å². The Kier molecular flexibility index (Phi) is 8.70. The Balaban J connectivity index is 1.22. The first-order chi connectivity index (χ1) is 20.4. The molecule has 3 fully saturated rings. The highest BCUT2D eigenvalue weighted by Crippen LogP contribution is 2.32. The van der Waals surface area contributed by atoms with Gasteiger partial charge < -0.3 is 20.0 Å². The quantitative estimate of drug-likeness (QED) is 0.520. The lowest BCUT2D eigenvalue weighted by Crippen LogP contribution is -2.54. The number of nitrogens with zero attached hydrogens (tertiary/aromatic N) is 5. The van der Waals surface area contributed by atoms with Crippen LogP contribution in [0, 0.1) is 11.8 Å². The number of rotatable bonds is 7. The van der Waals surface area contributed by atoms with Gasteiger partial charge in [0.15, 0.2) is 5.78 Å². The van der Waals surface area contributed by atoms with Gasteiger partial charge in [-0.15, -0.1) is 0 Å². The zero-order valence-electron chi connectivity index (χ0n) is 24.1. The molecule has 10 nitrogen and oxygen atoms in total. The van der Waals surface area contributed by atoms with Crippen LogP contribution in [0.15, 0.2) is 42.6 Å². The molecule has 43 heavy (non-hydrogen) atoms. The van der Waals surface area contributed by atoms with Gasteiger partial charge in [-0.05, 0) is 49.8 Å². The molecule has 0 unspecified atom stereocenters. The standard InChI is InChI=1S/C30H35F3N6O4/c1-18(2)16-21(35-26(41)19-9-13-37(14-10-19)29-34-12-8-24(36-29)30(31,32)33)28(43)38-15-11-22-25(38)23(40)17-39(22)27(42)20-6-4-3-5-7-20/h3-8,12,18-19,21-22,25H,9-11,13-17H2,1-2H3,(H,35,41)/t21-,22+,25-/m0/s1. The van der Waals surface area contributed by atoms with E-state index in [2.05, 4.69) is 15.3 Å². The smallest absolute Gasteiger partial charge is 0.344 e. The molecule has 3 atom stereocenters. The van der Waals surface area contributed by atoms with Crippen molar-refractivity contribution in [2.24, 2.45) is 11.8 Å². The number of piperidine rings is 1. The van der Waals surface area contributed by atoms with Crippen molar-refractivity contribution in [3.8, 4) is 0 Å². The first kappa shape index (κ1) is 30.4. The fraction of sp³-hybridized carbons (Fsp3) is 0.533. The van der Waals surface area contributed by atoms with Crippen molar-refractivity contribution in [1.82, 2.24) is 25.1 Å². The first-order valence-electron chi connectivity index (χ1n) is 14.6. The van der Waals surface area contributed by atoms with Gasteiger partial charge in [0.2, 0.25) is 17.8 Å². The number of ketones is 1. The topological polar surface area (TPSA) is 116 Å². The summed E-state index contributed by atoms with van der Waals surface area (Å²) >= 11 is 0. The SMILES string of the molecule is CC(C)C[C@H](NC(=O)C1CCN(c2nccc(C(F)(F)F)n2)CC1)C(=O)N1CC[C@@H]2[C@H]1C(=O)CN2C(=O)c1ccccc1. The molecule has 230 valence electrons. The van der Waals surface area contributed by atoms with Crippen LogP contribution in [-0.2, 0) is 20.6 Å². The molecule has 0 bridgehead atoms. The number of carbonyl (C=O) groups excluding carboxylic acids is 4. The van der Waals surface area contributed by atoms with Gasteiger partial charge in [0.1, 0.15) is 17.8 Å². The van der Waals surface area contributed by atoms with E-state index < -0.39 is 35.9 Å². The summed E-state index contributed by atoms with van der Waals surface area (Å²) in [4.78, 5) is 65.7. The van der Waals surface area contributed by atoms with Crippen molar-refractivity contribution < 1.29 is 32.3 Å². The van der Waals surface area contributed by atoms with Gasteiger partial charge in [-0.3, -0.25) is 19.2 Å². The largest absolute Gasteiger partial charge is 0.433 e. The van der Waals surface area contributed by atoms with E-state index in [1.54, 1.807) is 34.1 Å². The number of amides is 3. The van der Waals surface area contributed by atoms with Crippen LogP contribution in [0.1, 0.15) is 55.6 Å². The minimum atomic E-state index is -4.58. The van der Waals surface area contributed by atoms with E-state index in [1.165, 1.54) is 4.90 Å². The summed E-state index contributed by atoms with van der Waals surface area (Å²) in [6, 6.07) is 7.53. The number of halogens is 3. The third kappa shape index (κ3) is 6.50. The molecule has 0 spiro atoms. The van der Waals surface area contributed by atoms with Crippen molar-refractivity contribution in [2.75, 3.05) is 31.1 Å². The normalized spacial score (nSPS) is 21.7. The van der Waals surface area contributed by atoms with Gasteiger partial charge in [0.25, 0.3) is 5.91 Å². The molecule has 0 saturated carbocycles. The van der Waals surface area contributed by atoms with E-state index in [0.29, 0.717) is 37.8 Å². The summed E-state index contributed by atoms with van der Waals surface area (Å²) in [6.45, 7) is 4.69. The Bertz CT molecular complexity index is 1360. The van der Waals surface area contributed by atoms with Crippen molar-refractivity contribution in [1.29, 1.82) is 0 Å². The average Bonchev–Trinajstić information content (AvgIpc) is 3.57. The lowest BCUT2D eigenvalue weighted by Gasteiger charge is -2.33. The van der Waals surface area contributed by atoms with E-state index in [9.17, 15) is 32.3 Å². The van der Waals surface area contributed by atoms with Crippen molar-refractivity contribution in [3.05, 3.63) is 53.9 Å². The molecule has 1 aromatic carbocycles. The zero-order valence-corrected chi connectivity index (χ0v) is 24.1. The number of Topliss-reactive ketones (excluding diaryl/α,β-unsaturated/α-hetero) is 1. The Morgan fingerprint density at radius 3 is 2.35 bits per heavy atom. The van der Waals surface area contributed by atoms with Gasteiger partial charge >= 0.3 is 6.18 Å². The maximum absolute atomic E-state index is 13.8. The second-order valence-corrected chi connectivity index (χ2v) is 11.8. The van der Waals surface area contributed by atoms with Gasteiger partial charge in [-0.25, -0.2) is 9.97 Å². The molecule has 4 heterocycles. The predicted octanol–water partition coefficient (Wildman–Crippen LogP) is 2.94. The fourth-order valence-corrected chi connectivity index (χ4v) is 6.27. The highest BCUT2D eigenvalue weighted by molar-refractivity contribution is 6.03. The number of carbonyl (C=O) groups is 4. The average molecular weight is 601 g/mol. The highest BCUT2D eigenvalue weighted by atomic mass is 19.4. The van der Waals surface area contributed by atoms with Crippen molar-refractivity contribution >= 4 is 29.5 Å². The zero-order chi connectivity index (χ0) is 30.9. The Morgan fingerprint density at radius 2 is 1.70 bits per heavy atom. The summed E-state index contributed by atoms with van der Waals surface area (Å²) in [6.07, 6.45) is -1.95. The Labute approximate surface area is 247 Å². The lowest BCUT2D eigenvalue weighted by molar-refractivity contribution is -0.141. The molecule has 1 N–H and O–H groups in total. The van der Waals surface area contributed by atoms with Crippen LogP contribution in [0.4, 0.5) is 19.1 Å². The molecule has 2 aromatic rings. The van der Waals surface area contributed by atoms with Crippen LogP contribution in [0.2, 0.25) is 0 Å². The number of benzene rings is 1. The van der Waals surface area contributed by atoms with Gasteiger partial charge in [0.05, 0.1) is 12.6 Å². The molecule has 1 aromatic heterocycles. The molecular weight excluding hydrogens is 565 g/mol. The van der Waals surface area contributed by atoms with Gasteiger partial charge in [0, 0.05) is 37.3 Å². The summed E-state index contributed by atoms with van der Waals surface area (Å²) in [5, 5.41) is 2.91. The molecule has 0 radical (unpaired) electrons. The number of hydrogen-bond acceptors (Lipinski definition) is 7. The van der Waals surface area contributed by atoms with Crippen LogP contribution >= 0.6 is 0 Å². The first-order valence-corrected chi connectivity index (χ1v) is 14.6. The number of aromatic nitrogens is 2. The number of alkyl halides is 3. The molecule has 5 rings (SSSR count). The van der Waals surface area contributed by atoms with Crippen LogP contribution in [-0.4, -0.2) is 87.6 Å².